The third-order valence-corrected chi connectivity index (χ3v) is 3.87. The molecule has 0 fully saturated rings. The van der Waals surface area contributed by atoms with E-state index in [2.05, 4.69) is 23.3 Å². The minimum atomic E-state index is -0.0427. The summed E-state index contributed by atoms with van der Waals surface area (Å²) in [5.41, 5.74) is 4.26. The molecule has 0 radical (unpaired) electrons. The lowest BCUT2D eigenvalue weighted by Gasteiger charge is -2.09. The number of benzene rings is 1. The molecule has 1 atom stereocenters. The van der Waals surface area contributed by atoms with Gasteiger partial charge in [-0.05, 0) is 29.7 Å². The molecule has 102 valence electrons. The number of hydrogen-bond donors (Lipinski definition) is 1. The molecular formula is C17H18N2O. The Kier molecular flexibility index (Phi) is 3.50. The third-order valence-electron chi connectivity index (χ3n) is 3.87. The number of carbonyl (C=O) groups excluding carboxylic acids is 1. The molecule has 1 aromatic carbocycles. The molecule has 3 rings (SSSR count). The van der Waals surface area contributed by atoms with Crippen LogP contribution in [0.3, 0.4) is 0 Å². The number of carbonyl (C=O) groups is 1. The van der Waals surface area contributed by atoms with Crippen LogP contribution < -0.4 is 5.32 Å². The molecule has 0 saturated heterocycles. The summed E-state index contributed by atoms with van der Waals surface area (Å²) in [6.07, 6.45) is 3.25. The van der Waals surface area contributed by atoms with Crippen LogP contribution >= 0.6 is 0 Å². The van der Waals surface area contributed by atoms with Gasteiger partial charge >= 0.3 is 0 Å². The van der Waals surface area contributed by atoms with Crippen LogP contribution in [0.2, 0.25) is 0 Å². The fourth-order valence-corrected chi connectivity index (χ4v) is 2.64. The lowest BCUT2D eigenvalue weighted by atomic mass is 9.94. The number of nitrogens with one attached hydrogen (secondary N) is 1. The molecule has 0 saturated carbocycles. The summed E-state index contributed by atoms with van der Waals surface area (Å²) in [5.74, 6) is 0.193. The number of Topliss-reactive ketones (excluding diaryl/α,β-unsaturated/α-hetero) is 1. The Morgan fingerprint density at radius 2 is 2.15 bits per heavy atom. The van der Waals surface area contributed by atoms with Crippen LogP contribution in [0, 0.1) is 0 Å². The van der Waals surface area contributed by atoms with Gasteiger partial charge in [0.1, 0.15) is 5.78 Å². The molecule has 1 aliphatic heterocycles. The zero-order valence-electron chi connectivity index (χ0n) is 11.6. The van der Waals surface area contributed by atoms with Crippen molar-refractivity contribution in [2.24, 2.45) is 0 Å². The van der Waals surface area contributed by atoms with Gasteiger partial charge < -0.3 is 5.32 Å². The zero-order chi connectivity index (χ0) is 13.9. The Morgan fingerprint density at radius 3 is 2.90 bits per heavy atom. The van der Waals surface area contributed by atoms with Gasteiger partial charge in [-0.1, -0.05) is 31.2 Å². The Morgan fingerprint density at radius 1 is 1.30 bits per heavy atom. The van der Waals surface area contributed by atoms with Crippen LogP contribution in [-0.2, 0) is 17.6 Å². The first kappa shape index (κ1) is 12.9. The molecule has 0 spiro atoms. The second kappa shape index (κ2) is 5.45. The summed E-state index contributed by atoms with van der Waals surface area (Å²) in [5, 5.41) is 3.29. The normalized spacial score (nSPS) is 16.6. The molecule has 20 heavy (non-hydrogen) atoms. The number of ketones is 1. The average molecular weight is 266 g/mol. The quantitative estimate of drug-likeness (QED) is 0.925. The molecule has 2 aromatic rings. The van der Waals surface area contributed by atoms with Crippen LogP contribution in [0.4, 0.5) is 5.69 Å². The van der Waals surface area contributed by atoms with E-state index in [-0.39, 0.29) is 11.7 Å². The highest BCUT2D eigenvalue weighted by Crippen LogP contribution is 2.32. The Balaban J connectivity index is 1.74. The van der Waals surface area contributed by atoms with Crippen LogP contribution in [0.25, 0.3) is 0 Å². The maximum atomic E-state index is 12.5. The van der Waals surface area contributed by atoms with Gasteiger partial charge in [0.25, 0.3) is 0 Å². The summed E-state index contributed by atoms with van der Waals surface area (Å²) < 4.78 is 0. The minimum Gasteiger partial charge on any atom is -0.384 e. The topological polar surface area (TPSA) is 42.0 Å². The van der Waals surface area contributed by atoms with Crippen molar-refractivity contribution in [1.29, 1.82) is 0 Å². The number of aryl methyl sites for hydroxylation is 1. The zero-order valence-corrected chi connectivity index (χ0v) is 11.6. The van der Waals surface area contributed by atoms with Crippen molar-refractivity contribution in [3.8, 4) is 0 Å². The van der Waals surface area contributed by atoms with Crippen molar-refractivity contribution >= 4 is 11.5 Å². The third kappa shape index (κ3) is 2.44. The summed E-state index contributed by atoms with van der Waals surface area (Å²) in [4.78, 5) is 16.8. The van der Waals surface area contributed by atoms with Crippen LogP contribution in [0.1, 0.15) is 29.7 Å². The molecule has 2 heterocycles. The fourth-order valence-electron chi connectivity index (χ4n) is 2.64. The van der Waals surface area contributed by atoms with E-state index in [1.807, 2.05) is 36.5 Å². The summed E-state index contributed by atoms with van der Waals surface area (Å²) >= 11 is 0. The van der Waals surface area contributed by atoms with Crippen LogP contribution in [0.5, 0.6) is 0 Å². The number of rotatable bonds is 4. The van der Waals surface area contributed by atoms with E-state index in [4.69, 9.17) is 0 Å². The molecule has 3 nitrogen and oxygen atoms in total. The van der Waals surface area contributed by atoms with Gasteiger partial charge in [-0.25, -0.2) is 0 Å². The van der Waals surface area contributed by atoms with Gasteiger partial charge in [0.2, 0.25) is 0 Å². The Hall–Kier alpha value is -2.16. The maximum Gasteiger partial charge on any atom is 0.148 e. The predicted molar refractivity (Wildman–Crippen MR) is 80.0 cm³/mol. The first-order chi connectivity index (χ1) is 9.78. The van der Waals surface area contributed by atoms with E-state index >= 15 is 0 Å². The Labute approximate surface area is 119 Å². The molecule has 0 aliphatic carbocycles. The first-order valence-corrected chi connectivity index (χ1v) is 7.07. The van der Waals surface area contributed by atoms with Crippen molar-refractivity contribution in [3.05, 3.63) is 59.4 Å². The molecule has 1 unspecified atom stereocenters. The smallest absolute Gasteiger partial charge is 0.148 e. The molecule has 0 bridgehead atoms. The SMILES string of the molecule is CCc1ccc(CC(=O)C2CNc3ccccc32)nc1. The number of pyridine rings is 1. The van der Waals surface area contributed by atoms with Crippen molar-refractivity contribution in [2.45, 2.75) is 25.7 Å². The van der Waals surface area contributed by atoms with Gasteiger partial charge in [0.05, 0.1) is 5.92 Å². The van der Waals surface area contributed by atoms with Crippen molar-refractivity contribution in [3.63, 3.8) is 0 Å². The Bertz CT molecular complexity index is 619. The highest BCUT2D eigenvalue weighted by Gasteiger charge is 2.27. The van der Waals surface area contributed by atoms with E-state index in [1.54, 1.807) is 0 Å². The van der Waals surface area contributed by atoms with E-state index in [9.17, 15) is 4.79 Å². The molecule has 1 aliphatic rings. The number of para-hydroxylation sites is 1. The van der Waals surface area contributed by atoms with Crippen molar-refractivity contribution < 1.29 is 4.79 Å². The monoisotopic (exact) mass is 266 g/mol. The highest BCUT2D eigenvalue weighted by atomic mass is 16.1. The summed E-state index contributed by atoms with van der Waals surface area (Å²) in [6, 6.07) is 12.0. The fraction of sp³-hybridized carbons (Fsp3) is 0.294. The number of hydrogen-bond acceptors (Lipinski definition) is 3. The number of anilines is 1. The number of fused-ring (bicyclic) bond motifs is 1. The van der Waals surface area contributed by atoms with Crippen molar-refractivity contribution in [2.75, 3.05) is 11.9 Å². The van der Waals surface area contributed by atoms with Gasteiger partial charge in [-0.2, -0.15) is 0 Å². The standard InChI is InChI=1S/C17H18N2O/c1-2-12-7-8-13(18-10-12)9-17(20)15-11-19-16-6-4-3-5-14(15)16/h3-8,10,15,19H,2,9,11H2,1H3. The van der Waals surface area contributed by atoms with E-state index in [1.165, 1.54) is 5.56 Å². The molecule has 1 aromatic heterocycles. The minimum absolute atomic E-state index is 0.0427. The molecular weight excluding hydrogens is 248 g/mol. The average Bonchev–Trinajstić information content (AvgIpc) is 2.92. The van der Waals surface area contributed by atoms with Crippen LogP contribution in [0.15, 0.2) is 42.6 Å². The maximum absolute atomic E-state index is 12.5. The van der Waals surface area contributed by atoms with Gasteiger partial charge in [0, 0.05) is 30.5 Å². The highest BCUT2D eigenvalue weighted by molar-refractivity contribution is 5.91. The predicted octanol–water partition coefficient (Wildman–Crippen LogP) is 2.96. The number of aromatic nitrogens is 1. The molecule has 3 heteroatoms. The van der Waals surface area contributed by atoms with Gasteiger partial charge in [0.15, 0.2) is 0 Å². The number of nitrogens with zero attached hydrogens (tertiary/aromatic N) is 1. The first-order valence-electron chi connectivity index (χ1n) is 7.07. The van der Waals surface area contributed by atoms with Crippen LogP contribution in [-0.4, -0.2) is 17.3 Å². The lowest BCUT2D eigenvalue weighted by Crippen LogP contribution is -2.17. The van der Waals surface area contributed by atoms with E-state index < -0.39 is 0 Å². The van der Waals surface area contributed by atoms with Gasteiger partial charge in [-0.3, -0.25) is 9.78 Å². The lowest BCUT2D eigenvalue weighted by molar-refractivity contribution is -0.119. The van der Waals surface area contributed by atoms with E-state index in [0.717, 1.165) is 23.4 Å². The summed E-state index contributed by atoms with van der Waals surface area (Å²) in [6.45, 7) is 2.80. The summed E-state index contributed by atoms with van der Waals surface area (Å²) in [7, 11) is 0. The van der Waals surface area contributed by atoms with E-state index in [0.29, 0.717) is 13.0 Å². The second-order valence-corrected chi connectivity index (χ2v) is 5.18. The van der Waals surface area contributed by atoms with Gasteiger partial charge in [-0.15, -0.1) is 0 Å². The second-order valence-electron chi connectivity index (χ2n) is 5.18. The molecule has 1 N–H and O–H groups in total. The van der Waals surface area contributed by atoms with Crippen molar-refractivity contribution in [1.82, 2.24) is 4.98 Å². The molecule has 0 amide bonds. The largest absolute Gasteiger partial charge is 0.384 e.